The first-order valence-electron chi connectivity index (χ1n) is 9.14. The summed E-state index contributed by atoms with van der Waals surface area (Å²) in [6.07, 6.45) is 1.73. The maximum absolute atomic E-state index is 5.99. The predicted octanol–water partition coefficient (Wildman–Crippen LogP) is 7.25. The molecule has 0 unspecified atom stereocenters. The fourth-order valence-electron chi connectivity index (χ4n) is 2.72. The van der Waals surface area contributed by atoms with Gasteiger partial charge in [-0.05, 0) is 35.9 Å². The summed E-state index contributed by atoms with van der Waals surface area (Å²) in [5.41, 5.74) is 6.90. The summed E-state index contributed by atoms with van der Waals surface area (Å²) >= 11 is 11.0. The van der Waals surface area contributed by atoms with Gasteiger partial charge in [0.1, 0.15) is 12.4 Å². The Morgan fingerprint density at radius 2 is 1.87 bits per heavy atom. The van der Waals surface area contributed by atoms with E-state index in [9.17, 15) is 0 Å². The van der Waals surface area contributed by atoms with Gasteiger partial charge < -0.3 is 4.74 Å². The maximum atomic E-state index is 5.99. The lowest BCUT2D eigenvalue weighted by Gasteiger charge is -2.10. The first-order valence-corrected chi connectivity index (χ1v) is 11.2. The van der Waals surface area contributed by atoms with E-state index in [4.69, 9.17) is 16.3 Å². The second-order valence-electron chi connectivity index (χ2n) is 6.37. The normalized spacial score (nSPS) is 11.0. The number of halogens is 2. The lowest BCUT2D eigenvalue weighted by molar-refractivity contribution is 0.306. The van der Waals surface area contributed by atoms with E-state index >= 15 is 0 Å². The average Bonchev–Trinajstić information content (AvgIpc) is 3.24. The molecule has 7 heteroatoms. The Morgan fingerprint density at radius 3 is 2.67 bits per heavy atom. The van der Waals surface area contributed by atoms with Gasteiger partial charge in [-0.1, -0.05) is 70.0 Å². The van der Waals surface area contributed by atoms with Crippen LogP contribution in [0.25, 0.3) is 11.3 Å². The van der Waals surface area contributed by atoms with Crippen molar-refractivity contribution in [3.05, 3.63) is 98.8 Å². The zero-order chi connectivity index (χ0) is 20.8. The molecule has 1 aromatic heterocycles. The van der Waals surface area contributed by atoms with Crippen molar-refractivity contribution in [3.63, 3.8) is 0 Å². The van der Waals surface area contributed by atoms with E-state index in [1.807, 2.05) is 78.2 Å². The van der Waals surface area contributed by atoms with Gasteiger partial charge in [-0.3, -0.25) is 5.43 Å². The molecule has 150 valence electrons. The molecule has 0 aliphatic carbocycles. The summed E-state index contributed by atoms with van der Waals surface area (Å²) in [4.78, 5) is 4.58. The number of hydrogen-bond acceptors (Lipinski definition) is 5. The molecule has 4 rings (SSSR count). The van der Waals surface area contributed by atoms with Gasteiger partial charge in [0, 0.05) is 26.0 Å². The highest BCUT2D eigenvalue weighted by molar-refractivity contribution is 9.10. The van der Waals surface area contributed by atoms with Crippen LogP contribution in [0.1, 0.15) is 11.1 Å². The van der Waals surface area contributed by atoms with Crippen molar-refractivity contribution in [1.29, 1.82) is 0 Å². The number of nitrogens with one attached hydrogen (secondary N) is 1. The Kier molecular flexibility index (Phi) is 6.79. The summed E-state index contributed by atoms with van der Waals surface area (Å²) in [6, 6.07) is 23.5. The molecular weight excluding hydrogens is 482 g/mol. The molecular formula is C23H17BrClN3OS. The van der Waals surface area contributed by atoms with Crippen LogP contribution in [0.2, 0.25) is 5.02 Å². The minimum Gasteiger partial charge on any atom is -0.488 e. The predicted molar refractivity (Wildman–Crippen MR) is 129 cm³/mol. The maximum Gasteiger partial charge on any atom is 0.203 e. The van der Waals surface area contributed by atoms with E-state index in [1.54, 1.807) is 6.21 Å². The minimum atomic E-state index is 0.444. The monoisotopic (exact) mass is 497 g/mol. The third kappa shape index (κ3) is 5.48. The molecule has 0 aliphatic rings. The van der Waals surface area contributed by atoms with Gasteiger partial charge in [0.05, 0.1) is 11.9 Å². The van der Waals surface area contributed by atoms with Crippen LogP contribution in [0.4, 0.5) is 5.13 Å². The molecule has 0 atom stereocenters. The van der Waals surface area contributed by atoms with E-state index in [2.05, 4.69) is 31.4 Å². The Labute approximate surface area is 192 Å². The Bertz CT molecular complexity index is 1150. The quantitative estimate of drug-likeness (QED) is 0.216. The first kappa shape index (κ1) is 20.6. The lowest BCUT2D eigenvalue weighted by Crippen LogP contribution is -1.99. The van der Waals surface area contributed by atoms with Crippen LogP contribution in [0.3, 0.4) is 0 Å². The van der Waals surface area contributed by atoms with Crippen molar-refractivity contribution in [2.45, 2.75) is 6.61 Å². The van der Waals surface area contributed by atoms with E-state index in [0.717, 1.165) is 37.7 Å². The van der Waals surface area contributed by atoms with E-state index in [-0.39, 0.29) is 0 Å². The third-order valence-electron chi connectivity index (χ3n) is 4.22. The van der Waals surface area contributed by atoms with Crippen molar-refractivity contribution < 1.29 is 4.74 Å². The minimum absolute atomic E-state index is 0.444. The lowest BCUT2D eigenvalue weighted by atomic mass is 10.2. The van der Waals surface area contributed by atoms with Crippen molar-refractivity contribution in [1.82, 2.24) is 4.98 Å². The van der Waals surface area contributed by atoms with Gasteiger partial charge in [0.15, 0.2) is 0 Å². The summed E-state index contributed by atoms with van der Waals surface area (Å²) < 4.78 is 6.93. The molecule has 0 fully saturated rings. The molecule has 1 heterocycles. The van der Waals surface area contributed by atoms with Crippen LogP contribution in [0.5, 0.6) is 5.75 Å². The van der Waals surface area contributed by atoms with Crippen molar-refractivity contribution in [2.75, 3.05) is 5.43 Å². The van der Waals surface area contributed by atoms with Gasteiger partial charge in [-0.25, -0.2) is 4.98 Å². The van der Waals surface area contributed by atoms with E-state index in [0.29, 0.717) is 11.6 Å². The molecule has 4 nitrogen and oxygen atoms in total. The van der Waals surface area contributed by atoms with E-state index in [1.165, 1.54) is 11.3 Å². The Morgan fingerprint density at radius 1 is 1.07 bits per heavy atom. The number of ether oxygens (including phenoxy) is 1. The van der Waals surface area contributed by atoms with Crippen LogP contribution in [0.15, 0.2) is 87.8 Å². The molecule has 30 heavy (non-hydrogen) atoms. The number of thiazole rings is 1. The van der Waals surface area contributed by atoms with Crippen LogP contribution >= 0.6 is 38.9 Å². The fraction of sp³-hybridized carbons (Fsp3) is 0.0435. The molecule has 4 aromatic rings. The molecule has 0 spiro atoms. The largest absolute Gasteiger partial charge is 0.488 e. The summed E-state index contributed by atoms with van der Waals surface area (Å²) in [6.45, 7) is 0.444. The topological polar surface area (TPSA) is 46.5 Å². The number of aromatic nitrogens is 1. The highest BCUT2D eigenvalue weighted by atomic mass is 79.9. The van der Waals surface area contributed by atoms with Crippen molar-refractivity contribution in [2.24, 2.45) is 5.10 Å². The molecule has 0 radical (unpaired) electrons. The SMILES string of the molecule is Clc1ccc(COc2ccc(Br)cc2C=NNc2nc(-c3ccccc3)cs2)cc1. The van der Waals surface area contributed by atoms with Crippen LogP contribution in [-0.4, -0.2) is 11.2 Å². The molecule has 0 amide bonds. The van der Waals surface area contributed by atoms with Gasteiger partial charge in [0.2, 0.25) is 5.13 Å². The standard InChI is InChI=1S/C23H17BrClN3OS/c24-19-8-11-22(29-14-16-6-9-20(25)10-7-16)18(12-19)13-26-28-23-27-21(15-30-23)17-4-2-1-3-5-17/h1-13,15H,14H2,(H,27,28). The second-order valence-corrected chi connectivity index (χ2v) is 8.58. The number of nitrogens with zero attached hydrogens (tertiary/aromatic N) is 2. The van der Waals surface area contributed by atoms with Gasteiger partial charge in [-0.15, -0.1) is 11.3 Å². The molecule has 0 bridgehead atoms. The smallest absolute Gasteiger partial charge is 0.203 e. The summed E-state index contributed by atoms with van der Waals surface area (Å²) in [5, 5.41) is 7.78. The number of hydrogen-bond donors (Lipinski definition) is 1. The molecule has 0 aliphatic heterocycles. The van der Waals surface area contributed by atoms with Crippen LogP contribution < -0.4 is 10.2 Å². The highest BCUT2D eigenvalue weighted by Crippen LogP contribution is 2.25. The molecule has 0 saturated heterocycles. The summed E-state index contributed by atoms with van der Waals surface area (Å²) in [5.74, 6) is 0.739. The zero-order valence-corrected chi connectivity index (χ0v) is 18.9. The third-order valence-corrected chi connectivity index (χ3v) is 5.71. The summed E-state index contributed by atoms with van der Waals surface area (Å²) in [7, 11) is 0. The fourth-order valence-corrected chi connectivity index (χ4v) is 3.89. The number of anilines is 1. The molecule has 1 N–H and O–H groups in total. The first-order chi connectivity index (χ1) is 14.7. The van der Waals surface area contributed by atoms with Gasteiger partial charge in [-0.2, -0.15) is 5.10 Å². The second kappa shape index (κ2) is 9.89. The van der Waals surface area contributed by atoms with Crippen molar-refractivity contribution in [3.8, 4) is 17.0 Å². The Balaban J connectivity index is 1.43. The highest BCUT2D eigenvalue weighted by Gasteiger charge is 2.05. The van der Waals surface area contributed by atoms with Gasteiger partial charge >= 0.3 is 0 Å². The molecule has 0 saturated carbocycles. The van der Waals surface area contributed by atoms with Gasteiger partial charge in [0.25, 0.3) is 0 Å². The molecule has 3 aromatic carbocycles. The average molecular weight is 499 g/mol. The number of rotatable bonds is 7. The Hall–Kier alpha value is -2.67. The van der Waals surface area contributed by atoms with E-state index < -0.39 is 0 Å². The zero-order valence-electron chi connectivity index (χ0n) is 15.8. The van der Waals surface area contributed by atoms with Crippen LogP contribution in [0, 0.1) is 0 Å². The van der Waals surface area contributed by atoms with Crippen molar-refractivity contribution >= 4 is 50.2 Å². The number of hydrazone groups is 1. The number of benzene rings is 3. The van der Waals surface area contributed by atoms with Crippen LogP contribution in [-0.2, 0) is 6.61 Å².